The lowest BCUT2D eigenvalue weighted by Crippen LogP contribution is -2.40. The number of aromatic nitrogens is 2. The van der Waals surface area contributed by atoms with Crippen LogP contribution in [0.15, 0.2) is 9.59 Å². The van der Waals surface area contributed by atoms with Crippen molar-refractivity contribution in [2.24, 2.45) is 0 Å². The summed E-state index contributed by atoms with van der Waals surface area (Å²) >= 11 is 1.49. The van der Waals surface area contributed by atoms with Crippen molar-refractivity contribution in [3.8, 4) is 0 Å². The summed E-state index contributed by atoms with van der Waals surface area (Å²) in [7, 11) is 0. The number of amides is 1. The molecule has 2 aromatic rings. The second kappa shape index (κ2) is 8.18. The smallest absolute Gasteiger partial charge is 0.329 e. The molecule has 0 radical (unpaired) electrons. The van der Waals surface area contributed by atoms with E-state index in [0.717, 1.165) is 35.8 Å². The van der Waals surface area contributed by atoms with Gasteiger partial charge in [-0.15, -0.1) is 11.3 Å². The summed E-state index contributed by atoms with van der Waals surface area (Å²) in [5.41, 5.74) is 0.165. The number of aromatic amines is 1. The third kappa shape index (κ3) is 4.07. The lowest BCUT2D eigenvalue weighted by atomic mass is 9.97. The van der Waals surface area contributed by atoms with Gasteiger partial charge in [0, 0.05) is 18.0 Å². The van der Waals surface area contributed by atoms with Crippen LogP contribution in [0, 0.1) is 0 Å². The average Bonchev–Trinajstić information content (AvgIpc) is 2.96. The van der Waals surface area contributed by atoms with Gasteiger partial charge < -0.3 is 10.1 Å². The molecule has 0 saturated carbocycles. The Morgan fingerprint density at radius 3 is 2.85 bits per heavy atom. The number of ether oxygens (including phenoxy) is 1. The van der Waals surface area contributed by atoms with Gasteiger partial charge in [-0.25, -0.2) is 4.79 Å². The van der Waals surface area contributed by atoms with Crippen molar-refractivity contribution < 1.29 is 9.53 Å². The van der Waals surface area contributed by atoms with E-state index in [-0.39, 0.29) is 24.1 Å². The molecular weight excluding hydrogens is 354 g/mol. The Bertz CT molecular complexity index is 910. The first kappa shape index (κ1) is 18.8. The van der Waals surface area contributed by atoms with Gasteiger partial charge in [-0.1, -0.05) is 0 Å². The summed E-state index contributed by atoms with van der Waals surface area (Å²) in [6.45, 7) is 4.66. The second-order valence-electron chi connectivity index (χ2n) is 6.86. The zero-order chi connectivity index (χ0) is 18.7. The van der Waals surface area contributed by atoms with Crippen molar-refractivity contribution in [1.82, 2.24) is 14.9 Å². The first-order valence-electron chi connectivity index (χ1n) is 9.13. The van der Waals surface area contributed by atoms with E-state index in [1.54, 1.807) is 0 Å². The van der Waals surface area contributed by atoms with E-state index in [2.05, 4.69) is 10.3 Å². The fourth-order valence-electron chi connectivity index (χ4n) is 3.23. The molecule has 3 rings (SSSR count). The van der Waals surface area contributed by atoms with Crippen LogP contribution in [-0.2, 0) is 28.9 Å². The van der Waals surface area contributed by atoms with Crippen LogP contribution >= 0.6 is 11.3 Å². The monoisotopic (exact) mass is 379 g/mol. The highest BCUT2D eigenvalue weighted by Crippen LogP contribution is 2.32. The van der Waals surface area contributed by atoms with Crippen LogP contribution in [0.2, 0.25) is 0 Å². The summed E-state index contributed by atoms with van der Waals surface area (Å²) in [6.07, 6.45) is 4.82. The molecule has 1 aliphatic rings. The normalized spacial score (nSPS) is 14.0. The zero-order valence-corrected chi connectivity index (χ0v) is 16.0. The predicted molar refractivity (Wildman–Crippen MR) is 102 cm³/mol. The Hall–Kier alpha value is -1.93. The number of nitrogens with one attached hydrogen (secondary N) is 2. The zero-order valence-electron chi connectivity index (χ0n) is 15.2. The van der Waals surface area contributed by atoms with E-state index in [9.17, 15) is 14.4 Å². The highest BCUT2D eigenvalue weighted by Gasteiger charge is 2.21. The Kier molecular flexibility index (Phi) is 5.93. The average molecular weight is 379 g/mol. The molecule has 0 spiro atoms. The number of H-pyrrole nitrogens is 1. The van der Waals surface area contributed by atoms with Crippen molar-refractivity contribution >= 4 is 27.5 Å². The number of carbonyl (C=O) groups excluding carboxylic acids is 1. The Morgan fingerprint density at radius 2 is 2.08 bits per heavy atom. The third-order valence-electron chi connectivity index (χ3n) is 4.49. The highest BCUT2D eigenvalue weighted by atomic mass is 32.1. The molecule has 1 amide bonds. The van der Waals surface area contributed by atoms with E-state index in [1.807, 2.05) is 13.8 Å². The van der Waals surface area contributed by atoms with Gasteiger partial charge in [0.05, 0.1) is 11.5 Å². The van der Waals surface area contributed by atoms with Crippen LogP contribution in [0.5, 0.6) is 0 Å². The van der Waals surface area contributed by atoms with Gasteiger partial charge in [0.15, 0.2) is 0 Å². The van der Waals surface area contributed by atoms with Crippen LogP contribution in [0.25, 0.3) is 10.2 Å². The van der Waals surface area contributed by atoms with E-state index in [1.165, 1.54) is 16.2 Å². The fourth-order valence-corrected chi connectivity index (χ4v) is 4.51. The molecule has 0 aromatic carbocycles. The highest BCUT2D eigenvalue weighted by molar-refractivity contribution is 7.18. The number of rotatable bonds is 7. The lowest BCUT2D eigenvalue weighted by Gasteiger charge is -2.11. The maximum absolute atomic E-state index is 12.8. The molecule has 1 aliphatic carbocycles. The van der Waals surface area contributed by atoms with Gasteiger partial charge in [-0.3, -0.25) is 19.1 Å². The first-order chi connectivity index (χ1) is 12.5. The van der Waals surface area contributed by atoms with Gasteiger partial charge in [0.1, 0.15) is 11.4 Å². The molecule has 7 nitrogen and oxygen atoms in total. The van der Waals surface area contributed by atoms with Crippen molar-refractivity contribution in [3.63, 3.8) is 0 Å². The third-order valence-corrected chi connectivity index (χ3v) is 5.70. The maximum atomic E-state index is 12.8. The molecular formula is C18H25N3O4S. The first-order valence-corrected chi connectivity index (χ1v) is 9.94. The van der Waals surface area contributed by atoms with E-state index in [0.29, 0.717) is 29.8 Å². The molecule has 2 N–H and O–H groups in total. The predicted octanol–water partition coefficient (Wildman–Crippen LogP) is 1.56. The number of thiophene rings is 1. The van der Waals surface area contributed by atoms with Crippen LogP contribution in [0.4, 0.5) is 0 Å². The van der Waals surface area contributed by atoms with Crippen LogP contribution in [-0.4, -0.2) is 34.7 Å². The van der Waals surface area contributed by atoms with Crippen molar-refractivity contribution in [1.29, 1.82) is 0 Å². The van der Waals surface area contributed by atoms with E-state index >= 15 is 0 Å². The molecule has 0 bridgehead atoms. The number of hydrogen-bond donors (Lipinski definition) is 2. The number of nitrogens with zero attached hydrogens (tertiary/aromatic N) is 1. The Morgan fingerprint density at radius 1 is 1.31 bits per heavy atom. The minimum atomic E-state index is -0.528. The van der Waals surface area contributed by atoms with Gasteiger partial charge in [-0.2, -0.15) is 0 Å². The molecule has 0 fully saturated rings. The molecule has 2 aromatic heterocycles. The maximum Gasteiger partial charge on any atom is 0.329 e. The summed E-state index contributed by atoms with van der Waals surface area (Å²) in [5, 5.41) is 3.32. The minimum absolute atomic E-state index is 0.158. The second-order valence-corrected chi connectivity index (χ2v) is 7.96. The number of aryl methyl sites for hydroxylation is 2. The molecule has 2 heterocycles. The van der Waals surface area contributed by atoms with Gasteiger partial charge in [0.25, 0.3) is 5.56 Å². The summed E-state index contributed by atoms with van der Waals surface area (Å²) in [4.78, 5) is 41.8. The molecule has 142 valence electrons. The number of carbonyl (C=O) groups is 1. The van der Waals surface area contributed by atoms with Gasteiger partial charge in [0.2, 0.25) is 5.91 Å². The molecule has 8 heteroatoms. The molecule has 0 saturated heterocycles. The number of fused-ring (bicyclic) bond motifs is 3. The quantitative estimate of drug-likeness (QED) is 0.714. The topological polar surface area (TPSA) is 93.2 Å². The summed E-state index contributed by atoms with van der Waals surface area (Å²) in [6, 6.07) is 0. The van der Waals surface area contributed by atoms with E-state index < -0.39 is 5.69 Å². The van der Waals surface area contributed by atoms with Crippen LogP contribution < -0.4 is 16.6 Å². The van der Waals surface area contributed by atoms with E-state index in [4.69, 9.17) is 4.74 Å². The summed E-state index contributed by atoms with van der Waals surface area (Å²) < 4.78 is 6.42. The van der Waals surface area contributed by atoms with Crippen molar-refractivity contribution in [2.75, 3.05) is 13.2 Å². The SMILES string of the molecule is CC(C)OCCCNC(=O)Cn1c(=O)[nH]c2sc3c(c2c1=O)CCCC3. The molecule has 0 unspecified atom stereocenters. The number of hydrogen-bond acceptors (Lipinski definition) is 5. The molecule has 0 aliphatic heterocycles. The Labute approximate surface area is 155 Å². The van der Waals surface area contributed by atoms with Gasteiger partial charge in [-0.05, 0) is 51.5 Å². The van der Waals surface area contributed by atoms with Crippen molar-refractivity contribution in [2.45, 2.75) is 58.6 Å². The molecule has 0 atom stereocenters. The lowest BCUT2D eigenvalue weighted by molar-refractivity contribution is -0.121. The van der Waals surface area contributed by atoms with Gasteiger partial charge >= 0.3 is 5.69 Å². The summed E-state index contributed by atoms with van der Waals surface area (Å²) in [5.74, 6) is -0.342. The Balaban J connectivity index is 1.73. The van der Waals surface area contributed by atoms with Crippen molar-refractivity contribution in [3.05, 3.63) is 31.3 Å². The largest absolute Gasteiger partial charge is 0.379 e. The van der Waals surface area contributed by atoms with Crippen LogP contribution in [0.1, 0.15) is 43.6 Å². The fraction of sp³-hybridized carbons (Fsp3) is 0.611. The minimum Gasteiger partial charge on any atom is -0.379 e. The molecule has 26 heavy (non-hydrogen) atoms. The standard InChI is InChI=1S/C18H25N3O4S/c1-11(2)25-9-5-8-19-14(22)10-21-17(23)15-12-6-3-4-7-13(12)26-16(15)20-18(21)24/h11H,3-10H2,1-2H3,(H,19,22)(H,20,24). The van der Waals surface area contributed by atoms with Crippen LogP contribution in [0.3, 0.4) is 0 Å².